The number of nitrogens with two attached hydrogens (primary N) is 1. The summed E-state index contributed by atoms with van der Waals surface area (Å²) in [7, 11) is 0. The summed E-state index contributed by atoms with van der Waals surface area (Å²) in [5.41, 5.74) is 6.65. The Labute approximate surface area is 243 Å². The second-order valence-corrected chi connectivity index (χ2v) is 11.4. The SMILES string of the molecule is CCC(C=Nc1cnc(Sc2cc3c(cc2-c2cc(C)cc(C(F)(F)F)c2)OCO3)n1CCCNC(C)C)CCN. The molecule has 4 rings (SSSR count). The average Bonchev–Trinajstić information content (AvgIpc) is 3.53. The van der Waals surface area contributed by atoms with E-state index < -0.39 is 11.7 Å². The summed E-state index contributed by atoms with van der Waals surface area (Å²) in [6, 6.07) is 8.01. The quantitative estimate of drug-likeness (QED) is 0.162. The number of ether oxygens (including phenoxy) is 2. The summed E-state index contributed by atoms with van der Waals surface area (Å²) >= 11 is 1.38. The van der Waals surface area contributed by atoms with E-state index in [2.05, 4.69) is 30.7 Å². The molecule has 41 heavy (non-hydrogen) atoms. The van der Waals surface area contributed by atoms with Crippen molar-refractivity contribution in [2.75, 3.05) is 19.9 Å². The molecule has 2 heterocycles. The number of aromatic nitrogens is 2. The van der Waals surface area contributed by atoms with Gasteiger partial charge in [-0.25, -0.2) is 9.98 Å². The summed E-state index contributed by atoms with van der Waals surface area (Å²) in [4.78, 5) is 10.2. The Kier molecular flexibility index (Phi) is 10.4. The largest absolute Gasteiger partial charge is 0.454 e. The van der Waals surface area contributed by atoms with Crippen molar-refractivity contribution in [3.05, 3.63) is 47.7 Å². The van der Waals surface area contributed by atoms with Crippen LogP contribution >= 0.6 is 11.8 Å². The number of nitrogens with zero attached hydrogens (tertiary/aromatic N) is 3. The highest BCUT2D eigenvalue weighted by Gasteiger charge is 2.31. The van der Waals surface area contributed by atoms with E-state index in [9.17, 15) is 13.2 Å². The van der Waals surface area contributed by atoms with Gasteiger partial charge in [0, 0.05) is 23.7 Å². The summed E-state index contributed by atoms with van der Waals surface area (Å²) in [6.07, 6.45) is 1.86. The van der Waals surface area contributed by atoms with Crippen LogP contribution in [0.5, 0.6) is 11.5 Å². The summed E-state index contributed by atoms with van der Waals surface area (Å²) in [5, 5.41) is 4.13. The first-order valence-electron chi connectivity index (χ1n) is 13.9. The van der Waals surface area contributed by atoms with Crippen LogP contribution in [0.1, 0.15) is 51.2 Å². The molecule has 1 aliphatic rings. The van der Waals surface area contributed by atoms with Crippen molar-refractivity contribution >= 4 is 23.8 Å². The lowest BCUT2D eigenvalue weighted by Gasteiger charge is -2.16. The van der Waals surface area contributed by atoms with Crippen molar-refractivity contribution in [2.24, 2.45) is 16.6 Å². The molecule has 222 valence electrons. The molecule has 1 aliphatic heterocycles. The zero-order chi connectivity index (χ0) is 29.6. The van der Waals surface area contributed by atoms with Gasteiger partial charge in [0.1, 0.15) is 0 Å². The fraction of sp³-hybridized carbons (Fsp3) is 0.467. The van der Waals surface area contributed by atoms with Gasteiger partial charge in [-0.1, -0.05) is 38.6 Å². The molecule has 3 N–H and O–H groups in total. The Morgan fingerprint density at radius 1 is 1.17 bits per heavy atom. The van der Waals surface area contributed by atoms with Crippen LogP contribution in [0.3, 0.4) is 0 Å². The van der Waals surface area contributed by atoms with Gasteiger partial charge in [-0.15, -0.1) is 0 Å². The number of nitrogens with one attached hydrogen (secondary N) is 1. The van der Waals surface area contributed by atoms with Gasteiger partial charge in [0.2, 0.25) is 6.79 Å². The van der Waals surface area contributed by atoms with E-state index in [1.165, 1.54) is 17.8 Å². The number of alkyl halides is 3. The van der Waals surface area contributed by atoms with Crippen LogP contribution in [-0.2, 0) is 12.7 Å². The molecular weight excluding hydrogens is 551 g/mol. The second-order valence-electron chi connectivity index (χ2n) is 10.4. The van der Waals surface area contributed by atoms with Crippen molar-refractivity contribution in [1.29, 1.82) is 0 Å². The van der Waals surface area contributed by atoms with Crippen molar-refractivity contribution in [3.8, 4) is 22.6 Å². The summed E-state index contributed by atoms with van der Waals surface area (Å²) < 4.78 is 54.4. The maximum atomic E-state index is 13.7. The normalized spacial score (nSPS) is 14.0. The van der Waals surface area contributed by atoms with E-state index in [4.69, 9.17) is 25.2 Å². The number of aliphatic imine (C=N–C) groups is 1. The summed E-state index contributed by atoms with van der Waals surface area (Å²) in [5.74, 6) is 2.04. The van der Waals surface area contributed by atoms with Gasteiger partial charge in [0.15, 0.2) is 22.5 Å². The highest BCUT2D eigenvalue weighted by molar-refractivity contribution is 7.99. The molecule has 0 saturated carbocycles. The molecule has 0 aliphatic carbocycles. The molecule has 0 spiro atoms. The molecule has 1 aromatic heterocycles. The van der Waals surface area contributed by atoms with Crippen LogP contribution in [0.2, 0.25) is 0 Å². The molecule has 0 bridgehead atoms. The van der Waals surface area contributed by atoms with Gasteiger partial charge in [-0.2, -0.15) is 13.2 Å². The Morgan fingerprint density at radius 3 is 2.61 bits per heavy atom. The Balaban J connectivity index is 1.74. The number of aryl methyl sites for hydroxylation is 1. The first kappa shape index (κ1) is 30.9. The maximum absolute atomic E-state index is 13.7. The molecule has 7 nitrogen and oxygen atoms in total. The molecule has 0 radical (unpaired) electrons. The maximum Gasteiger partial charge on any atom is 0.416 e. The lowest BCUT2D eigenvalue weighted by molar-refractivity contribution is -0.137. The number of rotatable bonds is 13. The molecule has 0 amide bonds. The third-order valence-electron chi connectivity index (χ3n) is 6.78. The van der Waals surface area contributed by atoms with Crippen LogP contribution in [0.4, 0.5) is 19.0 Å². The monoisotopic (exact) mass is 589 g/mol. The highest BCUT2D eigenvalue weighted by atomic mass is 32.2. The third-order valence-corrected chi connectivity index (χ3v) is 7.85. The van der Waals surface area contributed by atoms with Gasteiger partial charge >= 0.3 is 6.18 Å². The van der Waals surface area contributed by atoms with Crippen molar-refractivity contribution in [3.63, 3.8) is 0 Å². The molecular formula is C30H38F3N5O2S. The van der Waals surface area contributed by atoms with Gasteiger partial charge in [0.05, 0.1) is 11.8 Å². The molecule has 0 saturated heterocycles. The number of hydrogen-bond acceptors (Lipinski definition) is 7. The van der Waals surface area contributed by atoms with Gasteiger partial charge in [0.25, 0.3) is 0 Å². The average molecular weight is 590 g/mol. The van der Waals surface area contributed by atoms with E-state index >= 15 is 0 Å². The fourth-order valence-electron chi connectivity index (χ4n) is 4.59. The van der Waals surface area contributed by atoms with Gasteiger partial charge in [-0.05, 0) is 86.1 Å². The van der Waals surface area contributed by atoms with Gasteiger partial charge in [-0.3, -0.25) is 0 Å². The van der Waals surface area contributed by atoms with Crippen LogP contribution in [0.25, 0.3) is 11.1 Å². The smallest absolute Gasteiger partial charge is 0.416 e. The number of benzene rings is 2. The summed E-state index contributed by atoms with van der Waals surface area (Å²) in [6.45, 7) is 10.1. The Hall–Kier alpha value is -3.02. The standard InChI is InChI=1S/C30H38F3N5O2S/c1-5-21(7-8-34)16-36-28-17-37-29(38(28)10-6-9-35-19(2)3)41-27-15-26-25(39-18-40-26)14-24(27)22-11-20(4)12-23(13-22)30(31,32)33/h11-17,19,21,35H,5-10,18,34H2,1-4H3. The van der Waals surface area contributed by atoms with Crippen LogP contribution in [-0.4, -0.2) is 41.7 Å². The molecule has 11 heteroatoms. The molecule has 1 unspecified atom stereocenters. The van der Waals surface area contributed by atoms with E-state index in [-0.39, 0.29) is 12.7 Å². The topological polar surface area (TPSA) is 86.7 Å². The van der Waals surface area contributed by atoms with Crippen LogP contribution in [0.15, 0.2) is 51.6 Å². The molecule has 2 aromatic carbocycles. The number of hydrogen-bond donors (Lipinski definition) is 2. The van der Waals surface area contributed by atoms with E-state index in [1.54, 1.807) is 25.3 Å². The van der Waals surface area contributed by atoms with E-state index in [1.807, 2.05) is 12.3 Å². The Bertz CT molecular complexity index is 1360. The van der Waals surface area contributed by atoms with Crippen molar-refractivity contribution in [2.45, 2.75) is 75.8 Å². The first-order valence-corrected chi connectivity index (χ1v) is 14.7. The number of halogens is 3. The van der Waals surface area contributed by atoms with E-state index in [0.717, 1.165) is 37.7 Å². The minimum Gasteiger partial charge on any atom is -0.454 e. The number of fused-ring (bicyclic) bond motifs is 1. The molecule has 1 atom stereocenters. The zero-order valence-electron chi connectivity index (χ0n) is 23.9. The van der Waals surface area contributed by atoms with Crippen LogP contribution in [0, 0.1) is 12.8 Å². The molecule has 0 fully saturated rings. The second kappa shape index (κ2) is 13.8. The highest BCUT2D eigenvalue weighted by Crippen LogP contribution is 2.46. The van der Waals surface area contributed by atoms with Crippen molar-refractivity contribution in [1.82, 2.24) is 14.9 Å². The molecule has 3 aromatic rings. The third kappa shape index (κ3) is 8.05. The minimum absolute atomic E-state index is 0.0578. The lowest BCUT2D eigenvalue weighted by Crippen LogP contribution is -2.24. The van der Waals surface area contributed by atoms with E-state index in [0.29, 0.717) is 57.4 Å². The van der Waals surface area contributed by atoms with Crippen molar-refractivity contribution < 1.29 is 22.6 Å². The Morgan fingerprint density at radius 2 is 1.93 bits per heavy atom. The number of imidazole rings is 1. The fourth-order valence-corrected chi connectivity index (χ4v) is 5.64. The predicted molar refractivity (Wildman–Crippen MR) is 157 cm³/mol. The predicted octanol–water partition coefficient (Wildman–Crippen LogP) is 7.22. The van der Waals surface area contributed by atoms with Crippen LogP contribution < -0.4 is 20.5 Å². The first-order chi connectivity index (χ1) is 19.6. The lowest BCUT2D eigenvalue weighted by atomic mass is 9.99. The van der Waals surface area contributed by atoms with Gasteiger partial charge < -0.3 is 25.1 Å². The minimum atomic E-state index is -4.46. The zero-order valence-corrected chi connectivity index (χ0v) is 24.7.